The summed E-state index contributed by atoms with van der Waals surface area (Å²) in [5.41, 5.74) is 6.70. The number of sulfonamides is 1. The summed E-state index contributed by atoms with van der Waals surface area (Å²) in [4.78, 5) is 27.3. The zero-order chi connectivity index (χ0) is 29.5. The van der Waals surface area contributed by atoms with Crippen molar-refractivity contribution in [2.45, 2.75) is 37.2 Å². The number of primary amides is 1. The summed E-state index contributed by atoms with van der Waals surface area (Å²) in [5.74, 6) is -3.40. The van der Waals surface area contributed by atoms with E-state index in [9.17, 15) is 26.8 Å². The molecule has 2 amide bonds. The number of carbonyl (C=O) groups is 2. The molecule has 41 heavy (non-hydrogen) atoms. The largest absolute Gasteiger partial charge is 0.379 e. The van der Waals surface area contributed by atoms with E-state index in [0.29, 0.717) is 37.1 Å². The van der Waals surface area contributed by atoms with Crippen molar-refractivity contribution < 1.29 is 31.5 Å². The Morgan fingerprint density at radius 3 is 2.44 bits per heavy atom. The molecule has 0 spiro atoms. The van der Waals surface area contributed by atoms with Crippen molar-refractivity contribution in [1.29, 1.82) is 0 Å². The third-order valence-electron chi connectivity index (χ3n) is 7.26. The highest BCUT2D eigenvalue weighted by Crippen LogP contribution is 2.38. The second-order valence-electron chi connectivity index (χ2n) is 10.8. The molecule has 3 aromatic rings. The van der Waals surface area contributed by atoms with Crippen molar-refractivity contribution in [3.05, 3.63) is 76.0 Å². The van der Waals surface area contributed by atoms with E-state index < -0.39 is 43.8 Å². The van der Waals surface area contributed by atoms with Crippen LogP contribution in [0.2, 0.25) is 0 Å². The fraction of sp³-hybridized carbons (Fsp3) is 0.370. The molecule has 4 N–H and O–H groups in total. The smallest absolute Gasteiger partial charge is 0.257 e. The maximum atomic E-state index is 13.8. The number of amides is 2. The molecule has 0 saturated carbocycles. The number of hydrogen-bond donors (Lipinski definition) is 3. The second-order valence-corrected chi connectivity index (χ2v) is 12.7. The van der Waals surface area contributed by atoms with Gasteiger partial charge in [0.1, 0.15) is 11.6 Å². The topological polar surface area (TPSA) is 151 Å². The maximum Gasteiger partial charge on any atom is 0.257 e. The minimum absolute atomic E-state index is 0.00747. The molecule has 3 heterocycles. The highest BCUT2D eigenvalue weighted by molar-refractivity contribution is 7.89. The van der Waals surface area contributed by atoms with Crippen LogP contribution in [0, 0.1) is 11.6 Å². The molecule has 218 valence electrons. The van der Waals surface area contributed by atoms with Crippen molar-refractivity contribution in [1.82, 2.24) is 19.4 Å². The second kappa shape index (κ2) is 10.9. The number of halogens is 2. The third-order valence-corrected chi connectivity index (χ3v) is 9.03. The number of anilines is 1. The van der Waals surface area contributed by atoms with Gasteiger partial charge in [0.15, 0.2) is 5.82 Å². The fourth-order valence-corrected chi connectivity index (χ4v) is 6.83. The quantitative estimate of drug-likeness (QED) is 0.383. The molecule has 0 bridgehead atoms. The number of benzene rings is 2. The molecule has 11 nitrogen and oxygen atoms in total. The van der Waals surface area contributed by atoms with Crippen LogP contribution >= 0.6 is 0 Å². The Labute approximate surface area is 235 Å². The van der Waals surface area contributed by atoms with Gasteiger partial charge in [0.05, 0.1) is 29.2 Å². The number of aromatic amines is 1. The minimum Gasteiger partial charge on any atom is -0.379 e. The van der Waals surface area contributed by atoms with Gasteiger partial charge < -0.3 is 15.8 Å². The molecule has 0 radical (unpaired) electrons. The SMILES string of the molecule is CC1(C)CN(S(=O)(=O)c2cc(F)cc(F)c2)Cc2c(NC(=O)c3ccc(CN4CCOCC4)cc3C(N)=O)n[nH]c21. The lowest BCUT2D eigenvalue weighted by atomic mass is 9.84. The van der Waals surface area contributed by atoms with Crippen LogP contribution in [-0.4, -0.2) is 72.5 Å². The number of nitrogens with two attached hydrogens (primary N) is 1. The standard InChI is InChI=1S/C27H30F2N6O5S/c1-27(2)15-35(41(38,39)19-11-17(28)10-18(29)12-19)14-22-23(27)32-33-25(22)31-26(37)20-4-3-16(9-21(20)24(30)36)13-34-5-7-40-8-6-34/h3-4,9-12H,5-8,13-15H2,1-2H3,(H2,30,36)(H2,31,32,33,37). The summed E-state index contributed by atoms with van der Waals surface area (Å²) in [6.07, 6.45) is 0. The van der Waals surface area contributed by atoms with Gasteiger partial charge in [-0.25, -0.2) is 17.2 Å². The summed E-state index contributed by atoms with van der Waals surface area (Å²) in [6.45, 7) is 6.62. The van der Waals surface area contributed by atoms with Gasteiger partial charge in [0, 0.05) is 55.5 Å². The van der Waals surface area contributed by atoms with Gasteiger partial charge >= 0.3 is 0 Å². The van der Waals surface area contributed by atoms with Crippen LogP contribution in [0.1, 0.15) is 51.4 Å². The van der Waals surface area contributed by atoms with Gasteiger partial charge in [-0.1, -0.05) is 19.9 Å². The lowest BCUT2D eigenvalue weighted by Crippen LogP contribution is -2.45. The van der Waals surface area contributed by atoms with Crippen LogP contribution in [0.3, 0.4) is 0 Å². The van der Waals surface area contributed by atoms with Crippen LogP contribution < -0.4 is 11.1 Å². The number of H-pyrrole nitrogens is 1. The highest BCUT2D eigenvalue weighted by Gasteiger charge is 2.41. The zero-order valence-electron chi connectivity index (χ0n) is 22.5. The molecule has 1 aromatic heterocycles. The van der Waals surface area contributed by atoms with Crippen LogP contribution in [0.25, 0.3) is 0 Å². The number of nitrogens with one attached hydrogen (secondary N) is 2. The number of aromatic nitrogens is 2. The predicted molar refractivity (Wildman–Crippen MR) is 145 cm³/mol. The monoisotopic (exact) mass is 588 g/mol. The van der Waals surface area contributed by atoms with Crippen molar-refractivity contribution in [2.24, 2.45) is 5.73 Å². The Hall–Kier alpha value is -3.72. The average molecular weight is 589 g/mol. The summed E-state index contributed by atoms with van der Waals surface area (Å²) in [5, 5.41) is 9.77. The lowest BCUT2D eigenvalue weighted by Gasteiger charge is -2.36. The van der Waals surface area contributed by atoms with E-state index in [1.807, 2.05) is 0 Å². The summed E-state index contributed by atoms with van der Waals surface area (Å²) < 4.78 is 60.9. The fourth-order valence-electron chi connectivity index (χ4n) is 5.21. The van der Waals surface area contributed by atoms with E-state index in [1.54, 1.807) is 26.0 Å². The van der Waals surface area contributed by atoms with Crippen molar-refractivity contribution >= 4 is 27.7 Å². The number of ether oxygens (including phenoxy) is 1. The summed E-state index contributed by atoms with van der Waals surface area (Å²) in [6, 6.07) is 6.95. The first kappa shape index (κ1) is 28.8. The van der Waals surface area contributed by atoms with Crippen LogP contribution in [0.15, 0.2) is 41.3 Å². The Balaban J connectivity index is 1.41. The van der Waals surface area contributed by atoms with Gasteiger partial charge in [-0.2, -0.15) is 9.40 Å². The molecule has 1 fully saturated rings. The van der Waals surface area contributed by atoms with E-state index in [2.05, 4.69) is 20.4 Å². The number of rotatable bonds is 7. The minimum atomic E-state index is -4.31. The van der Waals surface area contributed by atoms with E-state index in [-0.39, 0.29) is 30.0 Å². The number of hydrogen-bond acceptors (Lipinski definition) is 7. The van der Waals surface area contributed by atoms with Gasteiger partial charge in [0.25, 0.3) is 5.91 Å². The number of morpholine rings is 1. The maximum absolute atomic E-state index is 13.8. The highest BCUT2D eigenvalue weighted by atomic mass is 32.2. The summed E-state index contributed by atoms with van der Waals surface area (Å²) in [7, 11) is -4.31. The average Bonchev–Trinajstić information content (AvgIpc) is 3.32. The third kappa shape index (κ3) is 5.86. The van der Waals surface area contributed by atoms with E-state index in [0.717, 1.165) is 35.1 Å². The molecular weight excluding hydrogens is 558 g/mol. The Kier molecular flexibility index (Phi) is 7.68. The first-order valence-electron chi connectivity index (χ1n) is 12.9. The van der Waals surface area contributed by atoms with Crippen LogP contribution in [-0.2, 0) is 33.3 Å². The number of carbonyl (C=O) groups excluding carboxylic acids is 2. The van der Waals surface area contributed by atoms with Gasteiger partial charge in [-0.05, 0) is 29.8 Å². The molecule has 2 aliphatic rings. The first-order valence-corrected chi connectivity index (χ1v) is 14.4. The van der Waals surface area contributed by atoms with E-state index in [4.69, 9.17) is 10.5 Å². The van der Waals surface area contributed by atoms with Gasteiger partial charge in [-0.3, -0.25) is 19.6 Å². The van der Waals surface area contributed by atoms with Crippen molar-refractivity contribution in [2.75, 3.05) is 38.2 Å². The molecule has 2 aliphatic heterocycles. The molecule has 1 saturated heterocycles. The molecule has 0 atom stereocenters. The molecule has 14 heteroatoms. The molecule has 2 aromatic carbocycles. The van der Waals surface area contributed by atoms with E-state index >= 15 is 0 Å². The Bertz CT molecular complexity index is 1600. The number of nitrogens with zero attached hydrogens (tertiary/aromatic N) is 3. The van der Waals surface area contributed by atoms with Crippen molar-refractivity contribution in [3.63, 3.8) is 0 Å². The predicted octanol–water partition coefficient (Wildman–Crippen LogP) is 2.35. The normalized spacial score (nSPS) is 17.7. The number of fused-ring (bicyclic) bond motifs is 1. The molecular formula is C27H30F2N6O5S. The summed E-state index contributed by atoms with van der Waals surface area (Å²) >= 11 is 0. The molecule has 5 rings (SSSR count). The zero-order valence-corrected chi connectivity index (χ0v) is 23.4. The first-order chi connectivity index (χ1) is 19.3. The van der Waals surface area contributed by atoms with Gasteiger partial charge in [-0.15, -0.1) is 0 Å². The van der Waals surface area contributed by atoms with E-state index in [1.165, 1.54) is 6.07 Å². The van der Waals surface area contributed by atoms with Crippen LogP contribution in [0.4, 0.5) is 14.6 Å². The van der Waals surface area contributed by atoms with Gasteiger partial charge in [0.2, 0.25) is 15.9 Å². The molecule has 0 unspecified atom stereocenters. The lowest BCUT2D eigenvalue weighted by molar-refractivity contribution is 0.0342. The Morgan fingerprint density at radius 2 is 1.78 bits per heavy atom. The van der Waals surface area contributed by atoms with Crippen molar-refractivity contribution in [3.8, 4) is 0 Å². The Morgan fingerprint density at radius 1 is 1.10 bits per heavy atom. The van der Waals surface area contributed by atoms with Crippen LogP contribution in [0.5, 0.6) is 0 Å². The molecule has 0 aliphatic carbocycles.